The summed E-state index contributed by atoms with van der Waals surface area (Å²) in [6.07, 6.45) is 1.56. The lowest BCUT2D eigenvalue weighted by Gasteiger charge is -2.34. The van der Waals surface area contributed by atoms with Crippen LogP contribution in [0.2, 0.25) is 0 Å². The van der Waals surface area contributed by atoms with Crippen molar-refractivity contribution in [3.8, 4) is 17.2 Å². The molecule has 0 atom stereocenters. The van der Waals surface area contributed by atoms with Gasteiger partial charge >= 0.3 is 0 Å². The van der Waals surface area contributed by atoms with E-state index in [-0.39, 0.29) is 29.7 Å². The summed E-state index contributed by atoms with van der Waals surface area (Å²) in [5.41, 5.74) is 0. The highest BCUT2D eigenvalue weighted by atomic mass is 32.2. The molecule has 0 unspecified atom stereocenters. The van der Waals surface area contributed by atoms with Crippen LogP contribution in [0.3, 0.4) is 0 Å². The fourth-order valence-electron chi connectivity index (χ4n) is 3.73. The fourth-order valence-corrected chi connectivity index (χ4v) is 5.17. The van der Waals surface area contributed by atoms with Crippen LogP contribution in [0.25, 0.3) is 0 Å². The minimum Gasteiger partial charge on any atom is -0.494 e. The number of hydrogen-bond acceptors (Lipinski definition) is 6. The lowest BCUT2D eigenvalue weighted by atomic mass is 10.2. The quantitative estimate of drug-likeness (QED) is 0.569. The number of nitrogens with zero attached hydrogens (tertiary/aromatic N) is 2. The van der Waals surface area contributed by atoms with Crippen molar-refractivity contribution in [2.24, 2.45) is 0 Å². The van der Waals surface area contributed by atoms with Gasteiger partial charge in [-0.25, -0.2) is 12.8 Å². The van der Waals surface area contributed by atoms with Crippen LogP contribution in [0, 0.1) is 5.82 Å². The summed E-state index contributed by atoms with van der Waals surface area (Å²) in [5.74, 6) is 1.17. The predicted octanol–water partition coefficient (Wildman–Crippen LogP) is 2.68. The molecule has 8 nitrogen and oxygen atoms in total. The van der Waals surface area contributed by atoms with E-state index in [2.05, 4.69) is 0 Å². The first kappa shape index (κ1) is 23.3. The van der Waals surface area contributed by atoms with Crippen molar-refractivity contribution in [1.29, 1.82) is 0 Å². The van der Waals surface area contributed by atoms with Gasteiger partial charge in [0.1, 0.15) is 11.6 Å². The third-order valence-corrected chi connectivity index (χ3v) is 7.46. The highest BCUT2D eigenvalue weighted by Gasteiger charge is 2.31. The second-order valence-corrected chi connectivity index (χ2v) is 9.79. The molecule has 2 heterocycles. The van der Waals surface area contributed by atoms with Gasteiger partial charge in [0.25, 0.3) is 0 Å². The topological polar surface area (TPSA) is 85.4 Å². The molecule has 1 fully saturated rings. The van der Waals surface area contributed by atoms with Crippen molar-refractivity contribution in [2.45, 2.75) is 24.2 Å². The molecule has 0 aliphatic carbocycles. The maximum atomic E-state index is 13.1. The SMILES string of the molecule is O=C(CCCOc1ccc(F)cc1)N1CCN(S(=O)(=O)c2ccc3c(c2)OCCCO3)CC1. The molecule has 2 aromatic rings. The molecule has 10 heteroatoms. The highest BCUT2D eigenvalue weighted by molar-refractivity contribution is 7.89. The zero-order chi connectivity index (χ0) is 23.3. The van der Waals surface area contributed by atoms with E-state index < -0.39 is 10.0 Å². The summed E-state index contributed by atoms with van der Waals surface area (Å²) in [5, 5.41) is 0. The second-order valence-electron chi connectivity index (χ2n) is 7.85. The average molecular weight is 479 g/mol. The summed E-state index contributed by atoms with van der Waals surface area (Å²) >= 11 is 0. The molecule has 2 aromatic carbocycles. The summed E-state index contributed by atoms with van der Waals surface area (Å²) in [7, 11) is -3.70. The maximum Gasteiger partial charge on any atom is 0.243 e. The molecule has 2 aliphatic rings. The predicted molar refractivity (Wildman–Crippen MR) is 119 cm³/mol. The summed E-state index contributed by atoms with van der Waals surface area (Å²) in [6.45, 7) is 2.49. The monoisotopic (exact) mass is 478 g/mol. The number of fused-ring (bicyclic) bond motifs is 1. The third-order valence-electron chi connectivity index (χ3n) is 5.57. The van der Waals surface area contributed by atoms with E-state index in [4.69, 9.17) is 14.2 Å². The van der Waals surface area contributed by atoms with Crippen LogP contribution in [0.15, 0.2) is 47.4 Å². The van der Waals surface area contributed by atoms with Gasteiger partial charge in [-0.1, -0.05) is 0 Å². The van der Waals surface area contributed by atoms with E-state index in [9.17, 15) is 17.6 Å². The van der Waals surface area contributed by atoms with Gasteiger partial charge in [-0.15, -0.1) is 0 Å². The fraction of sp³-hybridized carbons (Fsp3) is 0.435. The number of carbonyl (C=O) groups excluding carboxylic acids is 1. The molecule has 33 heavy (non-hydrogen) atoms. The third kappa shape index (κ3) is 5.75. The molecule has 4 rings (SSSR count). The largest absolute Gasteiger partial charge is 0.494 e. The number of hydrogen-bond donors (Lipinski definition) is 0. The lowest BCUT2D eigenvalue weighted by molar-refractivity contribution is -0.132. The number of amides is 1. The smallest absolute Gasteiger partial charge is 0.243 e. The minimum atomic E-state index is -3.70. The van der Waals surface area contributed by atoms with Crippen molar-refractivity contribution in [3.63, 3.8) is 0 Å². The van der Waals surface area contributed by atoms with Crippen molar-refractivity contribution in [2.75, 3.05) is 46.0 Å². The maximum absolute atomic E-state index is 13.1. The molecular weight excluding hydrogens is 451 g/mol. The van der Waals surface area contributed by atoms with Gasteiger partial charge in [0.15, 0.2) is 11.5 Å². The van der Waals surface area contributed by atoms with Crippen molar-refractivity contribution < 1.29 is 31.8 Å². The Hall–Kier alpha value is -2.85. The van der Waals surface area contributed by atoms with E-state index in [0.717, 1.165) is 6.42 Å². The number of benzene rings is 2. The van der Waals surface area contributed by atoms with Crippen LogP contribution in [0.5, 0.6) is 17.2 Å². The van der Waals surface area contributed by atoms with Gasteiger partial charge in [0.2, 0.25) is 15.9 Å². The number of sulfonamides is 1. The van der Waals surface area contributed by atoms with E-state index in [1.807, 2.05) is 0 Å². The lowest BCUT2D eigenvalue weighted by Crippen LogP contribution is -2.50. The standard InChI is InChI=1S/C23H27FN2O6S/c24-18-4-6-19(7-5-18)30-14-1-3-23(27)25-10-12-26(13-11-25)33(28,29)20-8-9-21-22(17-20)32-16-2-15-31-21/h4-9,17H,1-3,10-16H2. The van der Waals surface area contributed by atoms with Gasteiger partial charge in [0.05, 0.1) is 24.7 Å². The molecule has 0 N–H and O–H groups in total. The Kier molecular flexibility index (Phi) is 7.34. The molecule has 2 aliphatic heterocycles. The Morgan fingerprint density at radius 1 is 0.970 bits per heavy atom. The molecule has 0 radical (unpaired) electrons. The summed E-state index contributed by atoms with van der Waals surface area (Å²) < 4.78 is 57.2. The molecule has 0 spiro atoms. The van der Waals surface area contributed by atoms with Gasteiger partial charge in [-0.3, -0.25) is 4.79 Å². The van der Waals surface area contributed by atoms with Crippen LogP contribution in [0.4, 0.5) is 4.39 Å². The zero-order valence-corrected chi connectivity index (χ0v) is 19.1. The molecule has 0 saturated carbocycles. The van der Waals surface area contributed by atoms with Crippen LogP contribution in [-0.2, 0) is 14.8 Å². The minimum absolute atomic E-state index is 0.0367. The van der Waals surface area contributed by atoms with Crippen LogP contribution in [-0.4, -0.2) is 69.5 Å². The van der Waals surface area contributed by atoms with Crippen molar-refractivity contribution in [3.05, 3.63) is 48.3 Å². The van der Waals surface area contributed by atoms with Crippen LogP contribution >= 0.6 is 0 Å². The Balaban J connectivity index is 1.26. The Labute approximate surface area is 192 Å². The first-order valence-corrected chi connectivity index (χ1v) is 12.4. The number of piperazine rings is 1. The van der Waals surface area contributed by atoms with E-state index in [1.165, 1.54) is 28.6 Å². The summed E-state index contributed by atoms with van der Waals surface area (Å²) in [4.78, 5) is 14.3. The van der Waals surface area contributed by atoms with E-state index in [1.54, 1.807) is 23.1 Å². The Bertz CT molecular complexity index is 1070. The van der Waals surface area contributed by atoms with Gasteiger partial charge < -0.3 is 19.1 Å². The highest BCUT2D eigenvalue weighted by Crippen LogP contribution is 2.33. The molecule has 1 saturated heterocycles. The first-order valence-electron chi connectivity index (χ1n) is 11.0. The van der Waals surface area contributed by atoms with Gasteiger partial charge in [0, 0.05) is 45.1 Å². The zero-order valence-electron chi connectivity index (χ0n) is 18.2. The summed E-state index contributed by atoms with van der Waals surface area (Å²) in [6, 6.07) is 10.4. The van der Waals surface area contributed by atoms with E-state index >= 15 is 0 Å². The number of ether oxygens (including phenoxy) is 3. The van der Waals surface area contributed by atoms with Crippen LogP contribution in [0.1, 0.15) is 19.3 Å². The number of carbonyl (C=O) groups is 1. The second kappa shape index (κ2) is 10.4. The Morgan fingerprint density at radius 3 is 2.39 bits per heavy atom. The Morgan fingerprint density at radius 2 is 1.67 bits per heavy atom. The first-order chi connectivity index (χ1) is 15.9. The molecule has 1 amide bonds. The van der Waals surface area contributed by atoms with Crippen molar-refractivity contribution >= 4 is 15.9 Å². The molecular formula is C23H27FN2O6S. The average Bonchev–Trinajstić information content (AvgIpc) is 3.08. The number of halogens is 1. The molecule has 178 valence electrons. The molecule has 0 aromatic heterocycles. The molecule has 0 bridgehead atoms. The normalized spacial score (nSPS) is 16.8. The number of rotatable bonds is 7. The van der Waals surface area contributed by atoms with Gasteiger partial charge in [-0.2, -0.15) is 4.31 Å². The van der Waals surface area contributed by atoms with Crippen LogP contribution < -0.4 is 14.2 Å². The van der Waals surface area contributed by atoms with Crippen molar-refractivity contribution in [1.82, 2.24) is 9.21 Å². The van der Waals surface area contributed by atoms with Gasteiger partial charge in [-0.05, 0) is 42.8 Å². The van der Waals surface area contributed by atoms with E-state index in [0.29, 0.717) is 63.0 Å².